The molecule has 8 heteroatoms. The molecule has 0 radical (unpaired) electrons. The van der Waals surface area contributed by atoms with E-state index in [0.717, 1.165) is 0 Å². The van der Waals surface area contributed by atoms with Crippen LogP contribution in [0.25, 0.3) is 0 Å². The lowest BCUT2D eigenvalue weighted by atomic mass is 10.2. The van der Waals surface area contributed by atoms with E-state index >= 15 is 0 Å². The van der Waals surface area contributed by atoms with Crippen molar-refractivity contribution in [2.24, 2.45) is 5.73 Å². The maximum Gasteiger partial charge on any atom is 0.368 e. The lowest BCUT2D eigenvalue weighted by Gasteiger charge is -1.99. The minimum atomic E-state index is -1.43. The van der Waals surface area contributed by atoms with Crippen LogP contribution in [0, 0.1) is 0 Å². The van der Waals surface area contributed by atoms with Crippen LogP contribution in [0.15, 0.2) is 0 Å². The molecule has 0 amide bonds. The summed E-state index contributed by atoms with van der Waals surface area (Å²) in [6.07, 6.45) is -0.699. The summed E-state index contributed by atoms with van der Waals surface area (Å²) in [6, 6.07) is -1.29. The second-order valence-electron chi connectivity index (χ2n) is 2.00. The fraction of sp³-hybridized carbons (Fsp3) is 0.333. The van der Waals surface area contributed by atoms with Gasteiger partial charge >= 0.3 is 17.9 Å². The van der Waals surface area contributed by atoms with E-state index in [9.17, 15) is 9.59 Å². The SMILES string of the molecule is NC(CC(=O)O)C(=O)O.O=CC(=O)O. The number of aliphatic carboxylic acids is 3. The summed E-state index contributed by atoms with van der Waals surface area (Å²) in [6.45, 7) is 0. The Bertz CT molecular complexity index is 236. The van der Waals surface area contributed by atoms with Gasteiger partial charge < -0.3 is 21.1 Å². The number of aldehydes is 1. The molecule has 0 aromatic rings. The molecule has 0 saturated carbocycles. The van der Waals surface area contributed by atoms with Gasteiger partial charge in [0.05, 0.1) is 6.42 Å². The highest BCUT2D eigenvalue weighted by Crippen LogP contribution is 1.86. The van der Waals surface area contributed by atoms with Crippen LogP contribution in [-0.2, 0) is 19.2 Å². The number of carboxylic acids is 3. The van der Waals surface area contributed by atoms with Gasteiger partial charge in [0.1, 0.15) is 6.04 Å². The van der Waals surface area contributed by atoms with Gasteiger partial charge in [0.2, 0.25) is 6.29 Å². The first-order valence-electron chi connectivity index (χ1n) is 3.19. The highest BCUT2D eigenvalue weighted by Gasteiger charge is 2.14. The lowest BCUT2D eigenvalue weighted by Crippen LogP contribution is -2.32. The van der Waals surface area contributed by atoms with Crippen LogP contribution < -0.4 is 5.73 Å². The Morgan fingerprint density at radius 3 is 1.64 bits per heavy atom. The van der Waals surface area contributed by atoms with Gasteiger partial charge in [-0.05, 0) is 0 Å². The Morgan fingerprint density at radius 1 is 1.21 bits per heavy atom. The zero-order chi connectivity index (χ0) is 11.7. The summed E-state index contributed by atoms with van der Waals surface area (Å²) in [4.78, 5) is 37.5. The van der Waals surface area contributed by atoms with Crippen molar-refractivity contribution in [3.05, 3.63) is 0 Å². The second kappa shape index (κ2) is 7.68. The van der Waals surface area contributed by atoms with Crippen LogP contribution in [0.1, 0.15) is 6.42 Å². The average molecular weight is 207 g/mol. The second-order valence-corrected chi connectivity index (χ2v) is 2.00. The average Bonchev–Trinajstić information content (AvgIpc) is 2.04. The molecular weight excluding hydrogens is 198 g/mol. The van der Waals surface area contributed by atoms with Crippen molar-refractivity contribution in [2.75, 3.05) is 0 Å². The van der Waals surface area contributed by atoms with E-state index in [4.69, 9.17) is 30.6 Å². The van der Waals surface area contributed by atoms with Gasteiger partial charge in [-0.3, -0.25) is 14.4 Å². The van der Waals surface area contributed by atoms with Gasteiger partial charge in [-0.15, -0.1) is 0 Å². The van der Waals surface area contributed by atoms with E-state index in [0.29, 0.717) is 0 Å². The van der Waals surface area contributed by atoms with Gasteiger partial charge in [0, 0.05) is 0 Å². The highest BCUT2D eigenvalue weighted by atomic mass is 16.4. The molecule has 80 valence electrons. The van der Waals surface area contributed by atoms with Crippen molar-refractivity contribution in [3.8, 4) is 0 Å². The fourth-order valence-corrected chi connectivity index (χ4v) is 0.275. The summed E-state index contributed by atoms with van der Waals surface area (Å²) >= 11 is 0. The lowest BCUT2D eigenvalue weighted by molar-refractivity contribution is -0.144. The van der Waals surface area contributed by atoms with Crippen LogP contribution in [0.4, 0.5) is 0 Å². The van der Waals surface area contributed by atoms with Gasteiger partial charge in [0.15, 0.2) is 0 Å². The minimum Gasteiger partial charge on any atom is -0.481 e. The standard InChI is InChI=1S/C4H7NO4.C2H2O3/c5-2(4(8)9)1-3(6)7;3-1-2(4)5/h2H,1,5H2,(H,6,7)(H,8,9);1H,(H,4,5). The third-order valence-electron chi connectivity index (χ3n) is 0.813. The number of hydrogen-bond donors (Lipinski definition) is 4. The molecule has 0 spiro atoms. The topological polar surface area (TPSA) is 155 Å². The largest absolute Gasteiger partial charge is 0.481 e. The van der Waals surface area contributed by atoms with E-state index < -0.39 is 30.4 Å². The number of carbonyl (C=O) groups excluding carboxylic acids is 1. The van der Waals surface area contributed by atoms with E-state index in [1.54, 1.807) is 0 Å². The van der Waals surface area contributed by atoms with Crippen LogP contribution in [0.3, 0.4) is 0 Å². The number of carbonyl (C=O) groups is 4. The molecule has 0 aliphatic rings. The molecule has 0 saturated heterocycles. The first-order valence-corrected chi connectivity index (χ1v) is 3.19. The third kappa shape index (κ3) is 12.7. The molecule has 0 aromatic carbocycles. The molecule has 8 nitrogen and oxygen atoms in total. The zero-order valence-corrected chi connectivity index (χ0v) is 6.91. The molecule has 0 heterocycles. The van der Waals surface area contributed by atoms with Crippen LogP contribution >= 0.6 is 0 Å². The fourth-order valence-electron chi connectivity index (χ4n) is 0.275. The molecule has 0 aliphatic heterocycles. The van der Waals surface area contributed by atoms with Crippen LogP contribution in [-0.4, -0.2) is 45.6 Å². The Balaban J connectivity index is 0. The van der Waals surface area contributed by atoms with Crippen LogP contribution in [0.2, 0.25) is 0 Å². The van der Waals surface area contributed by atoms with Crippen molar-refractivity contribution in [1.29, 1.82) is 0 Å². The smallest absolute Gasteiger partial charge is 0.368 e. The summed E-state index contributed by atoms with van der Waals surface area (Å²) < 4.78 is 0. The molecule has 0 bridgehead atoms. The Kier molecular flexibility index (Phi) is 7.98. The Labute approximate surface area is 77.9 Å². The quantitative estimate of drug-likeness (QED) is 0.309. The molecule has 14 heavy (non-hydrogen) atoms. The minimum absolute atomic E-state index is 0.167. The summed E-state index contributed by atoms with van der Waals surface area (Å²) in [5, 5.41) is 23.4. The van der Waals surface area contributed by atoms with E-state index in [2.05, 4.69) is 0 Å². The van der Waals surface area contributed by atoms with Crippen molar-refractivity contribution < 1.29 is 34.5 Å². The first kappa shape index (κ1) is 14.6. The van der Waals surface area contributed by atoms with E-state index in [-0.39, 0.29) is 6.29 Å². The third-order valence-corrected chi connectivity index (χ3v) is 0.813. The zero-order valence-electron chi connectivity index (χ0n) is 6.91. The Hall–Kier alpha value is -1.96. The number of nitrogens with two attached hydrogens (primary N) is 1. The molecule has 0 aromatic heterocycles. The molecule has 0 aliphatic carbocycles. The van der Waals surface area contributed by atoms with Crippen molar-refractivity contribution >= 4 is 24.2 Å². The number of rotatable bonds is 4. The summed E-state index contributed by atoms with van der Waals surface area (Å²) in [7, 11) is 0. The normalized spacial score (nSPS) is 10.4. The maximum absolute atomic E-state index is 9.85. The predicted octanol–water partition coefficient (Wildman–Crippen LogP) is -1.86. The number of carboxylic acid groups (broad SMARTS) is 3. The highest BCUT2D eigenvalue weighted by molar-refractivity contribution is 6.19. The predicted molar refractivity (Wildman–Crippen MR) is 41.6 cm³/mol. The van der Waals surface area contributed by atoms with E-state index in [1.807, 2.05) is 0 Å². The van der Waals surface area contributed by atoms with E-state index in [1.165, 1.54) is 0 Å². The van der Waals surface area contributed by atoms with Gasteiger partial charge in [-0.1, -0.05) is 0 Å². The molecule has 0 rings (SSSR count). The Morgan fingerprint density at radius 2 is 1.57 bits per heavy atom. The monoisotopic (exact) mass is 207 g/mol. The molecule has 1 unspecified atom stereocenters. The maximum atomic E-state index is 9.85. The molecular formula is C6H9NO7. The molecule has 5 N–H and O–H groups in total. The van der Waals surface area contributed by atoms with Gasteiger partial charge in [-0.25, -0.2) is 4.79 Å². The number of hydrogen-bond acceptors (Lipinski definition) is 5. The van der Waals surface area contributed by atoms with Crippen LogP contribution in [0.5, 0.6) is 0 Å². The van der Waals surface area contributed by atoms with Crippen molar-refractivity contribution in [3.63, 3.8) is 0 Å². The van der Waals surface area contributed by atoms with Gasteiger partial charge in [0.25, 0.3) is 0 Å². The molecule has 0 fully saturated rings. The summed E-state index contributed by atoms with van der Waals surface area (Å²) in [5.41, 5.74) is 4.84. The summed E-state index contributed by atoms with van der Waals surface area (Å²) in [5.74, 6) is -3.92. The van der Waals surface area contributed by atoms with Crippen molar-refractivity contribution in [2.45, 2.75) is 12.5 Å². The molecule has 1 atom stereocenters. The van der Waals surface area contributed by atoms with Crippen molar-refractivity contribution in [1.82, 2.24) is 0 Å². The first-order chi connectivity index (χ1) is 6.31. The van der Waals surface area contributed by atoms with Gasteiger partial charge in [-0.2, -0.15) is 0 Å².